The van der Waals surface area contributed by atoms with Crippen LogP contribution in [0.15, 0.2) is 0 Å². The predicted molar refractivity (Wildman–Crippen MR) is 79.7 cm³/mol. The van der Waals surface area contributed by atoms with Crippen molar-refractivity contribution < 1.29 is 9.90 Å². The Balaban J connectivity index is 1.73. The molecule has 20 heavy (non-hydrogen) atoms. The second-order valence-electron chi connectivity index (χ2n) is 7.37. The molecule has 1 heterocycles. The molecule has 2 atom stereocenters. The highest BCUT2D eigenvalue weighted by Crippen LogP contribution is 2.41. The summed E-state index contributed by atoms with van der Waals surface area (Å²) in [4.78, 5) is 14.5. The van der Waals surface area contributed by atoms with Gasteiger partial charge in [0.15, 0.2) is 0 Å². The number of likely N-dealkylation sites (tertiary alicyclic amines) is 1. The van der Waals surface area contributed by atoms with Gasteiger partial charge in [-0.15, -0.1) is 0 Å². The van der Waals surface area contributed by atoms with Gasteiger partial charge < -0.3 is 5.11 Å². The third-order valence-electron chi connectivity index (χ3n) is 6.13. The zero-order valence-electron chi connectivity index (χ0n) is 12.6. The molecule has 0 bridgehead atoms. The topological polar surface area (TPSA) is 40.5 Å². The van der Waals surface area contributed by atoms with E-state index in [1.165, 1.54) is 44.9 Å². The summed E-state index contributed by atoms with van der Waals surface area (Å²) in [6.45, 7) is 1.96. The van der Waals surface area contributed by atoms with E-state index in [0.29, 0.717) is 6.04 Å². The fourth-order valence-electron chi connectivity index (χ4n) is 4.99. The third-order valence-corrected chi connectivity index (χ3v) is 6.13. The van der Waals surface area contributed by atoms with Crippen LogP contribution in [-0.4, -0.2) is 35.1 Å². The fraction of sp³-hybridized carbons (Fsp3) is 0.941. The van der Waals surface area contributed by atoms with Gasteiger partial charge in [-0.2, -0.15) is 0 Å². The summed E-state index contributed by atoms with van der Waals surface area (Å²) in [5.74, 6) is 0.333. The van der Waals surface area contributed by atoms with E-state index in [-0.39, 0.29) is 0 Å². The highest BCUT2D eigenvalue weighted by Gasteiger charge is 2.44. The van der Waals surface area contributed by atoms with Crippen LogP contribution >= 0.6 is 0 Å². The molecule has 1 aliphatic heterocycles. The summed E-state index contributed by atoms with van der Waals surface area (Å²) in [6, 6.07) is 0.697. The summed E-state index contributed by atoms with van der Waals surface area (Å²) in [5, 5.41) is 9.86. The Hall–Kier alpha value is -0.570. The zero-order valence-corrected chi connectivity index (χ0v) is 12.6. The molecule has 0 radical (unpaired) electrons. The van der Waals surface area contributed by atoms with Crippen molar-refractivity contribution >= 4 is 5.97 Å². The van der Waals surface area contributed by atoms with E-state index in [0.717, 1.165) is 44.7 Å². The lowest BCUT2D eigenvalue weighted by atomic mass is 9.78. The summed E-state index contributed by atoms with van der Waals surface area (Å²) >= 11 is 0. The summed E-state index contributed by atoms with van der Waals surface area (Å²) in [6.07, 6.45) is 13.1. The molecule has 3 nitrogen and oxygen atoms in total. The molecule has 3 heteroatoms. The maximum Gasteiger partial charge on any atom is 0.310 e. The normalized spacial score (nSPS) is 34.4. The van der Waals surface area contributed by atoms with E-state index in [2.05, 4.69) is 4.90 Å². The average Bonchev–Trinajstić information content (AvgIpc) is 2.79. The highest BCUT2D eigenvalue weighted by molar-refractivity contribution is 5.75. The van der Waals surface area contributed by atoms with Crippen molar-refractivity contribution in [1.82, 2.24) is 4.90 Å². The quantitative estimate of drug-likeness (QED) is 0.801. The number of fused-ring (bicyclic) bond motifs is 1. The van der Waals surface area contributed by atoms with Crippen LogP contribution in [0, 0.1) is 11.3 Å². The maximum absolute atomic E-state index is 12.0. The largest absolute Gasteiger partial charge is 0.481 e. The van der Waals surface area contributed by atoms with Gasteiger partial charge in [-0.1, -0.05) is 32.1 Å². The van der Waals surface area contributed by atoms with Crippen molar-refractivity contribution in [3.05, 3.63) is 0 Å². The molecule has 1 saturated heterocycles. The molecule has 0 amide bonds. The molecule has 3 aliphatic rings. The number of carboxylic acids is 1. The van der Waals surface area contributed by atoms with Crippen LogP contribution in [0.5, 0.6) is 0 Å². The van der Waals surface area contributed by atoms with Gasteiger partial charge in [0.1, 0.15) is 0 Å². The number of piperidine rings is 1. The van der Waals surface area contributed by atoms with Gasteiger partial charge in [-0.05, 0) is 51.0 Å². The molecule has 2 saturated carbocycles. The van der Waals surface area contributed by atoms with Crippen molar-refractivity contribution in [2.45, 2.75) is 76.7 Å². The summed E-state index contributed by atoms with van der Waals surface area (Å²) in [5.41, 5.74) is -0.443. The summed E-state index contributed by atoms with van der Waals surface area (Å²) in [7, 11) is 0. The molecule has 2 unspecified atom stereocenters. The van der Waals surface area contributed by atoms with Gasteiger partial charge in [0, 0.05) is 12.6 Å². The lowest BCUT2D eigenvalue weighted by Crippen LogP contribution is -2.50. The molecule has 0 aromatic heterocycles. The van der Waals surface area contributed by atoms with Crippen molar-refractivity contribution in [3.63, 3.8) is 0 Å². The molecule has 0 aromatic rings. The first-order valence-corrected chi connectivity index (χ1v) is 8.69. The lowest BCUT2D eigenvalue weighted by Gasteiger charge is -2.42. The van der Waals surface area contributed by atoms with Crippen LogP contribution in [0.2, 0.25) is 0 Å². The maximum atomic E-state index is 12.0. The molecule has 1 N–H and O–H groups in total. The number of rotatable bonds is 3. The Labute approximate surface area is 122 Å². The number of carboxylic acid groups (broad SMARTS) is 1. The van der Waals surface area contributed by atoms with Crippen LogP contribution in [0.1, 0.15) is 70.6 Å². The minimum absolute atomic E-state index is 0.443. The van der Waals surface area contributed by atoms with Gasteiger partial charge in [0.05, 0.1) is 5.41 Å². The molecule has 0 aromatic carbocycles. The highest BCUT2D eigenvalue weighted by atomic mass is 16.4. The van der Waals surface area contributed by atoms with Crippen molar-refractivity contribution in [3.8, 4) is 0 Å². The number of hydrogen-bond donors (Lipinski definition) is 1. The Kier molecular flexibility index (Phi) is 4.34. The van der Waals surface area contributed by atoms with E-state index in [1.54, 1.807) is 0 Å². The molecule has 3 rings (SSSR count). The van der Waals surface area contributed by atoms with Crippen molar-refractivity contribution in [2.24, 2.45) is 11.3 Å². The minimum Gasteiger partial charge on any atom is -0.481 e. The molecule has 0 spiro atoms. The van der Waals surface area contributed by atoms with Gasteiger partial charge >= 0.3 is 5.97 Å². The summed E-state index contributed by atoms with van der Waals surface area (Å²) < 4.78 is 0. The molecule has 2 aliphatic carbocycles. The lowest BCUT2D eigenvalue weighted by molar-refractivity contribution is -0.152. The Bertz CT molecular complexity index is 347. The first-order chi connectivity index (χ1) is 9.71. The van der Waals surface area contributed by atoms with Crippen LogP contribution in [0.3, 0.4) is 0 Å². The molecule has 114 valence electrons. The Morgan fingerprint density at radius 2 is 1.70 bits per heavy atom. The number of nitrogens with zero attached hydrogens (tertiary/aromatic N) is 1. The van der Waals surface area contributed by atoms with E-state index < -0.39 is 11.4 Å². The van der Waals surface area contributed by atoms with Crippen LogP contribution in [0.25, 0.3) is 0 Å². The molecular weight excluding hydrogens is 250 g/mol. The zero-order chi connectivity index (χ0) is 14.0. The van der Waals surface area contributed by atoms with Crippen molar-refractivity contribution in [1.29, 1.82) is 0 Å². The van der Waals surface area contributed by atoms with E-state index >= 15 is 0 Å². The molecule has 3 fully saturated rings. The monoisotopic (exact) mass is 279 g/mol. The van der Waals surface area contributed by atoms with Gasteiger partial charge in [-0.25, -0.2) is 0 Å². The van der Waals surface area contributed by atoms with Gasteiger partial charge in [-0.3, -0.25) is 9.69 Å². The first-order valence-electron chi connectivity index (χ1n) is 8.69. The van der Waals surface area contributed by atoms with Gasteiger partial charge in [0.2, 0.25) is 0 Å². The molecular formula is C17H29NO2. The average molecular weight is 279 g/mol. The second-order valence-corrected chi connectivity index (χ2v) is 7.37. The van der Waals surface area contributed by atoms with Gasteiger partial charge in [0.25, 0.3) is 0 Å². The number of aliphatic carboxylic acids is 1. The number of carbonyl (C=O) groups is 1. The van der Waals surface area contributed by atoms with Crippen LogP contribution in [0.4, 0.5) is 0 Å². The second kappa shape index (κ2) is 6.05. The predicted octanol–water partition coefficient (Wildman–Crippen LogP) is 3.68. The fourth-order valence-corrected chi connectivity index (χ4v) is 4.99. The standard InChI is InChI=1S/C17H29NO2/c19-16(20)17(10-3-1-2-4-11-17)13-18-12-6-8-14-7-5-9-15(14)18/h14-15H,1-13H2,(H,19,20). The third kappa shape index (κ3) is 2.74. The SMILES string of the molecule is O=C(O)C1(CN2CCCC3CCCC32)CCCCCC1. The van der Waals surface area contributed by atoms with E-state index in [9.17, 15) is 9.90 Å². The van der Waals surface area contributed by atoms with Crippen LogP contribution < -0.4 is 0 Å². The van der Waals surface area contributed by atoms with E-state index in [4.69, 9.17) is 0 Å². The Morgan fingerprint density at radius 1 is 1.00 bits per heavy atom. The van der Waals surface area contributed by atoms with Crippen molar-refractivity contribution in [2.75, 3.05) is 13.1 Å². The number of hydrogen-bond acceptors (Lipinski definition) is 2. The smallest absolute Gasteiger partial charge is 0.310 e. The van der Waals surface area contributed by atoms with Crippen LogP contribution in [-0.2, 0) is 4.79 Å². The minimum atomic E-state index is -0.528. The van der Waals surface area contributed by atoms with E-state index in [1.807, 2.05) is 0 Å². The Morgan fingerprint density at radius 3 is 2.40 bits per heavy atom. The first kappa shape index (κ1) is 14.4.